The summed E-state index contributed by atoms with van der Waals surface area (Å²) in [6, 6.07) is 6.17. The molecule has 110 valence electrons. The largest absolute Gasteiger partial charge is 0.371 e. The second-order valence-electron chi connectivity index (χ2n) is 6.82. The Hall–Kier alpha value is -1.09. The molecule has 2 aliphatic rings. The summed E-state index contributed by atoms with van der Waals surface area (Å²) in [5, 5.41) is 3.46. The van der Waals surface area contributed by atoms with Crippen molar-refractivity contribution in [3.05, 3.63) is 29.6 Å². The number of piperidine rings is 1. The fourth-order valence-electron chi connectivity index (χ4n) is 3.34. The van der Waals surface area contributed by atoms with Gasteiger partial charge in [-0.1, -0.05) is 13.8 Å². The van der Waals surface area contributed by atoms with Crippen LogP contribution in [0.15, 0.2) is 18.2 Å². The van der Waals surface area contributed by atoms with Gasteiger partial charge in [-0.15, -0.1) is 0 Å². The van der Waals surface area contributed by atoms with Gasteiger partial charge in [-0.3, -0.25) is 0 Å². The van der Waals surface area contributed by atoms with Gasteiger partial charge in [0.1, 0.15) is 5.82 Å². The standard InChI is InChI=1S/C17H25FN2/c1-12-5-13(2)11-20(10-12)17-7-14(6-15(18)8-17)9-19-16-3-4-16/h6-8,12-13,16,19H,3-5,9-11H2,1-2H3. The summed E-state index contributed by atoms with van der Waals surface area (Å²) in [5.41, 5.74) is 2.12. The first kappa shape index (κ1) is 13.9. The van der Waals surface area contributed by atoms with Crippen molar-refractivity contribution in [2.75, 3.05) is 18.0 Å². The lowest BCUT2D eigenvalue weighted by Crippen LogP contribution is -2.38. The highest BCUT2D eigenvalue weighted by Gasteiger charge is 2.23. The van der Waals surface area contributed by atoms with Crippen LogP contribution in [-0.4, -0.2) is 19.1 Å². The summed E-state index contributed by atoms with van der Waals surface area (Å²) >= 11 is 0. The van der Waals surface area contributed by atoms with Gasteiger partial charge in [0.05, 0.1) is 0 Å². The van der Waals surface area contributed by atoms with E-state index in [1.54, 1.807) is 12.1 Å². The molecule has 1 aromatic rings. The molecule has 3 rings (SSSR count). The molecule has 1 aliphatic heterocycles. The minimum atomic E-state index is -0.110. The van der Waals surface area contributed by atoms with Crippen LogP contribution < -0.4 is 10.2 Å². The minimum absolute atomic E-state index is 0.110. The molecule has 2 atom stereocenters. The van der Waals surface area contributed by atoms with Gasteiger partial charge in [0.15, 0.2) is 0 Å². The van der Waals surface area contributed by atoms with Crippen molar-refractivity contribution < 1.29 is 4.39 Å². The first-order valence-corrected chi connectivity index (χ1v) is 7.88. The molecule has 1 aromatic carbocycles. The maximum absolute atomic E-state index is 13.9. The molecule has 1 aliphatic carbocycles. The SMILES string of the molecule is CC1CC(C)CN(c2cc(F)cc(CNC3CC3)c2)C1. The highest BCUT2D eigenvalue weighted by Crippen LogP contribution is 2.28. The summed E-state index contributed by atoms with van der Waals surface area (Å²) in [6.45, 7) is 7.45. The van der Waals surface area contributed by atoms with Crippen molar-refractivity contribution in [1.29, 1.82) is 0 Å². The van der Waals surface area contributed by atoms with E-state index in [9.17, 15) is 4.39 Å². The van der Waals surface area contributed by atoms with Gasteiger partial charge in [-0.05, 0) is 54.9 Å². The molecule has 1 heterocycles. The van der Waals surface area contributed by atoms with Gasteiger partial charge < -0.3 is 10.2 Å². The second-order valence-corrected chi connectivity index (χ2v) is 6.82. The molecule has 0 amide bonds. The highest BCUT2D eigenvalue weighted by atomic mass is 19.1. The predicted molar refractivity (Wildman–Crippen MR) is 81.4 cm³/mol. The topological polar surface area (TPSA) is 15.3 Å². The average Bonchev–Trinajstić information content (AvgIpc) is 3.18. The first-order chi connectivity index (χ1) is 9.60. The molecule has 2 fully saturated rings. The Bertz CT molecular complexity index is 460. The van der Waals surface area contributed by atoms with E-state index in [1.165, 1.54) is 19.3 Å². The maximum atomic E-state index is 13.9. The van der Waals surface area contributed by atoms with Crippen molar-refractivity contribution in [2.24, 2.45) is 11.8 Å². The quantitative estimate of drug-likeness (QED) is 0.904. The lowest BCUT2D eigenvalue weighted by Gasteiger charge is -2.36. The fraction of sp³-hybridized carbons (Fsp3) is 0.647. The normalized spacial score (nSPS) is 26.9. The number of nitrogens with zero attached hydrogens (tertiary/aromatic N) is 1. The summed E-state index contributed by atoms with van der Waals surface area (Å²) in [5.74, 6) is 1.27. The van der Waals surface area contributed by atoms with Crippen LogP contribution in [0.3, 0.4) is 0 Å². The van der Waals surface area contributed by atoms with Gasteiger partial charge in [0.2, 0.25) is 0 Å². The van der Waals surface area contributed by atoms with E-state index >= 15 is 0 Å². The van der Waals surface area contributed by atoms with Crippen LogP contribution in [0.2, 0.25) is 0 Å². The van der Waals surface area contributed by atoms with E-state index in [2.05, 4.69) is 30.1 Å². The van der Waals surface area contributed by atoms with Crippen LogP contribution in [0, 0.1) is 17.7 Å². The number of rotatable bonds is 4. The molecular formula is C17H25FN2. The van der Waals surface area contributed by atoms with Crippen LogP contribution >= 0.6 is 0 Å². The lowest BCUT2D eigenvalue weighted by atomic mass is 9.91. The number of halogens is 1. The van der Waals surface area contributed by atoms with Gasteiger partial charge in [0.25, 0.3) is 0 Å². The molecule has 20 heavy (non-hydrogen) atoms. The van der Waals surface area contributed by atoms with E-state index in [0.29, 0.717) is 17.9 Å². The Kier molecular flexibility index (Phi) is 3.97. The predicted octanol–water partition coefficient (Wildman–Crippen LogP) is 3.56. The number of hydrogen-bond acceptors (Lipinski definition) is 2. The van der Waals surface area contributed by atoms with Crippen LogP contribution in [0.5, 0.6) is 0 Å². The molecule has 0 aromatic heterocycles. The summed E-state index contributed by atoms with van der Waals surface area (Å²) in [7, 11) is 0. The minimum Gasteiger partial charge on any atom is -0.371 e. The van der Waals surface area contributed by atoms with E-state index in [4.69, 9.17) is 0 Å². The molecule has 2 nitrogen and oxygen atoms in total. The van der Waals surface area contributed by atoms with Crippen LogP contribution in [0.4, 0.5) is 10.1 Å². The van der Waals surface area contributed by atoms with Crippen LogP contribution in [0.1, 0.15) is 38.7 Å². The van der Waals surface area contributed by atoms with Crippen LogP contribution in [0.25, 0.3) is 0 Å². The number of benzene rings is 1. The van der Waals surface area contributed by atoms with E-state index in [1.807, 2.05) is 0 Å². The Morgan fingerprint density at radius 1 is 1.15 bits per heavy atom. The molecule has 1 saturated carbocycles. The van der Waals surface area contributed by atoms with Gasteiger partial charge in [-0.2, -0.15) is 0 Å². The summed E-state index contributed by atoms with van der Waals surface area (Å²) < 4.78 is 13.9. The molecule has 1 N–H and O–H groups in total. The van der Waals surface area contributed by atoms with Crippen molar-refractivity contribution >= 4 is 5.69 Å². The van der Waals surface area contributed by atoms with Crippen LogP contribution in [-0.2, 0) is 6.54 Å². The van der Waals surface area contributed by atoms with Crippen molar-refractivity contribution in [3.8, 4) is 0 Å². The van der Waals surface area contributed by atoms with Crippen molar-refractivity contribution in [1.82, 2.24) is 5.32 Å². The molecule has 0 spiro atoms. The van der Waals surface area contributed by atoms with Crippen molar-refractivity contribution in [3.63, 3.8) is 0 Å². The maximum Gasteiger partial charge on any atom is 0.125 e. The Balaban J connectivity index is 1.73. The number of nitrogens with one attached hydrogen (secondary N) is 1. The zero-order valence-corrected chi connectivity index (χ0v) is 12.5. The molecule has 0 bridgehead atoms. The fourth-order valence-corrected chi connectivity index (χ4v) is 3.34. The first-order valence-electron chi connectivity index (χ1n) is 7.88. The van der Waals surface area contributed by atoms with Crippen molar-refractivity contribution in [2.45, 2.75) is 45.7 Å². The van der Waals surface area contributed by atoms with E-state index < -0.39 is 0 Å². The molecule has 0 radical (unpaired) electrons. The molecule has 1 saturated heterocycles. The summed E-state index contributed by atoms with van der Waals surface area (Å²) in [4.78, 5) is 2.35. The third-order valence-electron chi connectivity index (χ3n) is 4.35. The Morgan fingerprint density at radius 3 is 2.50 bits per heavy atom. The van der Waals surface area contributed by atoms with Gasteiger partial charge in [0, 0.05) is 31.4 Å². The average molecular weight is 276 g/mol. The zero-order chi connectivity index (χ0) is 14.1. The monoisotopic (exact) mass is 276 g/mol. The van der Waals surface area contributed by atoms with Gasteiger partial charge >= 0.3 is 0 Å². The number of hydrogen-bond donors (Lipinski definition) is 1. The third-order valence-corrected chi connectivity index (χ3v) is 4.35. The van der Waals surface area contributed by atoms with Gasteiger partial charge in [-0.25, -0.2) is 4.39 Å². The third kappa shape index (κ3) is 3.51. The Labute approximate surface area is 121 Å². The molecule has 2 unspecified atom stereocenters. The number of anilines is 1. The summed E-state index contributed by atoms with van der Waals surface area (Å²) in [6.07, 6.45) is 3.81. The highest BCUT2D eigenvalue weighted by molar-refractivity contribution is 5.49. The van der Waals surface area contributed by atoms with E-state index in [0.717, 1.165) is 30.9 Å². The lowest BCUT2D eigenvalue weighted by molar-refractivity contribution is 0.356. The van der Waals surface area contributed by atoms with E-state index in [-0.39, 0.29) is 5.82 Å². The molecule has 3 heteroatoms. The molecular weight excluding hydrogens is 251 g/mol. The smallest absolute Gasteiger partial charge is 0.125 e. The second kappa shape index (κ2) is 5.72. The zero-order valence-electron chi connectivity index (χ0n) is 12.5. The Morgan fingerprint density at radius 2 is 1.85 bits per heavy atom.